The van der Waals surface area contributed by atoms with Crippen molar-refractivity contribution in [1.29, 1.82) is 0 Å². The minimum absolute atomic E-state index is 0.309. The number of benzene rings is 1. The summed E-state index contributed by atoms with van der Waals surface area (Å²) in [5.74, 6) is 0. The Morgan fingerprint density at radius 2 is 1.71 bits per heavy atom. The molecule has 2 rings (SSSR count). The van der Waals surface area contributed by atoms with Crippen molar-refractivity contribution >= 4 is 33.9 Å². The van der Waals surface area contributed by atoms with Crippen LogP contribution in [-0.2, 0) is 0 Å². The van der Waals surface area contributed by atoms with Crippen LogP contribution in [0.4, 0.5) is 0 Å². The van der Waals surface area contributed by atoms with Crippen molar-refractivity contribution in [3.8, 4) is 0 Å². The van der Waals surface area contributed by atoms with E-state index in [2.05, 4.69) is 80.0 Å². The molecule has 0 amide bonds. The SMILES string of the molecule is CCCNC(c1csc(I)c1)c1c(C)c(C)cc(C)c1C. The maximum atomic E-state index is 3.75. The lowest BCUT2D eigenvalue weighted by molar-refractivity contribution is 0.594. The summed E-state index contributed by atoms with van der Waals surface area (Å²) in [5.41, 5.74) is 8.49. The number of thiophene rings is 1. The molecule has 114 valence electrons. The summed E-state index contributed by atoms with van der Waals surface area (Å²) < 4.78 is 1.35. The van der Waals surface area contributed by atoms with Crippen molar-refractivity contribution in [2.75, 3.05) is 6.54 Å². The molecule has 0 aliphatic rings. The Hall–Kier alpha value is -0.390. The zero-order valence-corrected chi connectivity index (χ0v) is 16.5. The first-order valence-corrected chi connectivity index (χ1v) is 9.46. The summed E-state index contributed by atoms with van der Waals surface area (Å²) in [7, 11) is 0. The van der Waals surface area contributed by atoms with Crippen LogP contribution < -0.4 is 5.32 Å². The van der Waals surface area contributed by atoms with Gasteiger partial charge >= 0.3 is 0 Å². The summed E-state index contributed by atoms with van der Waals surface area (Å²) in [6, 6.07) is 4.93. The van der Waals surface area contributed by atoms with E-state index in [1.165, 1.54) is 36.3 Å². The molecule has 0 aliphatic heterocycles. The fourth-order valence-corrected chi connectivity index (χ4v) is 4.23. The first-order valence-electron chi connectivity index (χ1n) is 7.50. The topological polar surface area (TPSA) is 12.0 Å². The number of rotatable bonds is 5. The highest BCUT2D eigenvalue weighted by atomic mass is 127. The minimum atomic E-state index is 0.309. The third kappa shape index (κ3) is 3.69. The Bertz CT molecular complexity index is 604. The largest absolute Gasteiger partial charge is 0.306 e. The molecule has 1 aromatic carbocycles. The maximum Gasteiger partial charge on any atom is 0.0656 e. The first kappa shape index (κ1) is 17.0. The van der Waals surface area contributed by atoms with Gasteiger partial charge in [0.05, 0.1) is 8.93 Å². The number of hydrogen-bond donors (Lipinski definition) is 1. The Kier molecular flexibility index (Phi) is 5.86. The van der Waals surface area contributed by atoms with Crippen molar-refractivity contribution in [2.24, 2.45) is 0 Å². The highest BCUT2D eigenvalue weighted by molar-refractivity contribution is 14.1. The van der Waals surface area contributed by atoms with Crippen molar-refractivity contribution in [2.45, 2.75) is 47.1 Å². The number of hydrogen-bond acceptors (Lipinski definition) is 2. The van der Waals surface area contributed by atoms with Crippen LogP contribution in [0.25, 0.3) is 0 Å². The van der Waals surface area contributed by atoms with Gasteiger partial charge in [-0.25, -0.2) is 0 Å². The molecule has 0 fully saturated rings. The Balaban J connectivity index is 2.56. The van der Waals surface area contributed by atoms with Gasteiger partial charge in [0.25, 0.3) is 0 Å². The monoisotopic (exact) mass is 413 g/mol. The lowest BCUT2D eigenvalue weighted by Crippen LogP contribution is -2.25. The number of nitrogens with one attached hydrogen (secondary N) is 1. The van der Waals surface area contributed by atoms with E-state index < -0.39 is 0 Å². The molecule has 3 heteroatoms. The zero-order chi connectivity index (χ0) is 15.6. The molecule has 1 nitrogen and oxygen atoms in total. The lowest BCUT2D eigenvalue weighted by atomic mass is 9.87. The molecule has 1 atom stereocenters. The standard InChI is InChI=1S/C18H24INS/c1-6-7-20-18(15-9-16(19)21-10-15)17-13(4)11(2)8-12(3)14(17)5/h8-10,18,20H,6-7H2,1-5H3. The summed E-state index contributed by atoms with van der Waals surface area (Å²) >= 11 is 4.24. The van der Waals surface area contributed by atoms with Crippen molar-refractivity contribution < 1.29 is 0 Å². The van der Waals surface area contributed by atoms with Gasteiger partial charge in [0.2, 0.25) is 0 Å². The second kappa shape index (κ2) is 7.25. The number of aryl methyl sites for hydroxylation is 2. The van der Waals surface area contributed by atoms with Crippen LogP contribution in [0.15, 0.2) is 17.5 Å². The molecule has 1 unspecified atom stereocenters. The summed E-state index contributed by atoms with van der Waals surface area (Å²) in [6.07, 6.45) is 1.15. The van der Waals surface area contributed by atoms with Crippen LogP contribution >= 0.6 is 33.9 Å². The van der Waals surface area contributed by atoms with E-state index >= 15 is 0 Å². The van der Waals surface area contributed by atoms with E-state index in [1.807, 2.05) is 11.3 Å². The Morgan fingerprint density at radius 1 is 1.10 bits per heavy atom. The van der Waals surface area contributed by atoms with Crippen molar-refractivity contribution in [3.05, 3.63) is 53.8 Å². The second-order valence-electron chi connectivity index (χ2n) is 5.75. The molecule has 0 spiro atoms. The quantitative estimate of drug-likeness (QED) is 0.623. The van der Waals surface area contributed by atoms with E-state index in [-0.39, 0.29) is 0 Å². The van der Waals surface area contributed by atoms with Gasteiger partial charge in [0, 0.05) is 0 Å². The Morgan fingerprint density at radius 3 is 2.19 bits per heavy atom. The Labute approximate surface area is 146 Å². The first-order chi connectivity index (χ1) is 9.95. The summed E-state index contributed by atoms with van der Waals surface area (Å²) in [5, 5.41) is 6.05. The molecule has 1 aromatic heterocycles. The molecule has 0 radical (unpaired) electrons. The molecule has 2 aromatic rings. The van der Waals surface area contributed by atoms with Crippen molar-refractivity contribution in [3.63, 3.8) is 0 Å². The molecule has 0 bridgehead atoms. The lowest BCUT2D eigenvalue weighted by Gasteiger charge is -2.25. The highest BCUT2D eigenvalue weighted by Gasteiger charge is 2.20. The molecule has 1 N–H and O–H groups in total. The third-order valence-corrected chi connectivity index (χ3v) is 6.04. The smallest absolute Gasteiger partial charge is 0.0656 e. The van der Waals surface area contributed by atoms with E-state index in [0.717, 1.165) is 13.0 Å². The van der Waals surface area contributed by atoms with E-state index in [9.17, 15) is 0 Å². The van der Waals surface area contributed by atoms with Gasteiger partial charge < -0.3 is 5.32 Å². The molecule has 21 heavy (non-hydrogen) atoms. The third-order valence-electron chi connectivity index (χ3n) is 4.23. The van der Waals surface area contributed by atoms with Crippen LogP contribution in [0.5, 0.6) is 0 Å². The molecule has 0 aliphatic carbocycles. The van der Waals surface area contributed by atoms with Gasteiger partial charge in [-0.1, -0.05) is 13.0 Å². The average molecular weight is 413 g/mol. The predicted molar refractivity (Wildman–Crippen MR) is 103 cm³/mol. The van der Waals surface area contributed by atoms with Crippen molar-refractivity contribution in [1.82, 2.24) is 5.32 Å². The number of halogens is 1. The van der Waals surface area contributed by atoms with Gasteiger partial charge in [-0.3, -0.25) is 0 Å². The van der Waals surface area contributed by atoms with E-state index in [1.54, 1.807) is 0 Å². The molecule has 0 saturated carbocycles. The van der Waals surface area contributed by atoms with Crippen LogP contribution in [0.1, 0.15) is 52.8 Å². The summed E-state index contributed by atoms with van der Waals surface area (Å²) in [4.78, 5) is 0. The summed E-state index contributed by atoms with van der Waals surface area (Å²) in [6.45, 7) is 12.2. The molecular weight excluding hydrogens is 389 g/mol. The van der Waals surface area contributed by atoms with Crippen LogP contribution in [0.2, 0.25) is 0 Å². The minimum Gasteiger partial charge on any atom is -0.306 e. The van der Waals surface area contributed by atoms with Crippen LogP contribution in [0.3, 0.4) is 0 Å². The fraction of sp³-hybridized carbons (Fsp3) is 0.444. The normalized spacial score (nSPS) is 12.7. The van der Waals surface area contributed by atoms with Gasteiger partial charge in [-0.2, -0.15) is 0 Å². The molecule has 0 saturated heterocycles. The maximum absolute atomic E-state index is 3.75. The zero-order valence-electron chi connectivity index (χ0n) is 13.5. The highest BCUT2D eigenvalue weighted by Crippen LogP contribution is 2.33. The average Bonchev–Trinajstić information content (AvgIpc) is 2.86. The van der Waals surface area contributed by atoms with Gasteiger partial charge in [-0.15, -0.1) is 11.3 Å². The second-order valence-corrected chi connectivity index (χ2v) is 8.55. The molecular formula is C18H24INS. The predicted octanol–water partition coefficient (Wildman–Crippen LogP) is 5.68. The van der Waals surface area contributed by atoms with Crippen LogP contribution in [-0.4, -0.2) is 6.54 Å². The fourth-order valence-electron chi connectivity index (χ4n) is 2.83. The van der Waals surface area contributed by atoms with Gasteiger partial charge in [0.1, 0.15) is 0 Å². The van der Waals surface area contributed by atoms with E-state index in [4.69, 9.17) is 0 Å². The van der Waals surface area contributed by atoms with Crippen LogP contribution in [0, 0.1) is 30.6 Å². The molecule has 1 heterocycles. The van der Waals surface area contributed by atoms with Gasteiger partial charge in [-0.05, 0) is 108 Å². The van der Waals surface area contributed by atoms with Gasteiger partial charge in [0.15, 0.2) is 0 Å². The van der Waals surface area contributed by atoms with E-state index in [0.29, 0.717) is 6.04 Å².